The Balaban J connectivity index is 1.22. The number of likely N-dealkylation sites (tertiary alicyclic amines) is 1. The van der Waals surface area contributed by atoms with Gasteiger partial charge in [0.1, 0.15) is 24.1 Å². The number of nitrogens with zero attached hydrogens (tertiary/aromatic N) is 2. The summed E-state index contributed by atoms with van der Waals surface area (Å²) in [5.74, 6) is -0.0407. The highest BCUT2D eigenvalue weighted by Crippen LogP contribution is 2.42. The summed E-state index contributed by atoms with van der Waals surface area (Å²) in [6, 6.07) is 10.6. The number of aryl methyl sites for hydroxylation is 1. The quantitative estimate of drug-likeness (QED) is 0.373. The number of fused-ring (bicyclic) bond motifs is 5. The Kier molecular flexibility index (Phi) is 10.1. The van der Waals surface area contributed by atoms with E-state index in [1.807, 2.05) is 24.3 Å². The first kappa shape index (κ1) is 35.1. The fourth-order valence-corrected chi connectivity index (χ4v) is 8.98. The van der Waals surface area contributed by atoms with E-state index in [1.54, 1.807) is 23.1 Å². The summed E-state index contributed by atoms with van der Waals surface area (Å²) in [6.45, 7) is 5.70. The van der Waals surface area contributed by atoms with E-state index in [4.69, 9.17) is 30.5 Å². The standard InChI is InChI=1S/C37H46ClN3O8S/c1-37(2)35(42)39-50(44,45)30-13-15-34-32(19-30)40(16-4-3-6-24-18-27(38)10-8-26(24)23-46-34)20-25-9-14-31(25)33(7-5-17-47-37)49-36(43)41-21-28-11-12-29(22-41)48-28/h5,7-8,10,13,15,18-19,25,28-29,31,33H,3-4,6,9,11-12,14,16-17,20-23H2,1-2H3,(H,39,42)/b7-5+/t25-,28?,29?,31+,33-/m0/s1. The minimum Gasteiger partial charge on any atom is -0.487 e. The van der Waals surface area contributed by atoms with Gasteiger partial charge in [-0.25, -0.2) is 17.9 Å². The maximum Gasteiger partial charge on any atom is 0.410 e. The molecule has 2 aromatic carbocycles. The molecular weight excluding hydrogens is 682 g/mol. The van der Waals surface area contributed by atoms with Crippen molar-refractivity contribution in [2.75, 3.05) is 37.7 Å². The average Bonchev–Trinajstić information content (AvgIpc) is 3.39. The lowest BCUT2D eigenvalue weighted by Crippen LogP contribution is -2.49. The monoisotopic (exact) mass is 727 g/mol. The van der Waals surface area contributed by atoms with Gasteiger partial charge in [-0.3, -0.25) is 4.79 Å². The molecule has 5 aliphatic rings. The number of hydrogen-bond donors (Lipinski definition) is 1. The van der Waals surface area contributed by atoms with Crippen LogP contribution in [-0.2, 0) is 42.1 Å². The van der Waals surface area contributed by atoms with E-state index in [0.717, 1.165) is 56.1 Å². The molecule has 0 spiro atoms. The fraction of sp³-hybridized carbons (Fsp3) is 0.568. The molecule has 0 radical (unpaired) electrons. The molecule has 13 heteroatoms. The first-order chi connectivity index (χ1) is 23.9. The molecule has 3 fully saturated rings. The Labute approximate surface area is 299 Å². The first-order valence-corrected chi connectivity index (χ1v) is 19.6. The number of carbonyl (C=O) groups is 2. The zero-order valence-corrected chi connectivity index (χ0v) is 30.2. The highest BCUT2D eigenvalue weighted by Gasteiger charge is 2.42. The topological polar surface area (TPSA) is 124 Å². The van der Waals surface area contributed by atoms with Crippen LogP contribution < -0.4 is 14.4 Å². The van der Waals surface area contributed by atoms with E-state index in [-0.39, 0.29) is 41.6 Å². The lowest BCUT2D eigenvalue weighted by atomic mass is 9.70. The molecule has 1 N–H and O–H groups in total. The van der Waals surface area contributed by atoms with E-state index in [2.05, 4.69) is 9.62 Å². The predicted molar refractivity (Wildman–Crippen MR) is 188 cm³/mol. The molecular formula is C37H46ClN3O8S. The minimum atomic E-state index is -4.24. The van der Waals surface area contributed by atoms with Crippen LogP contribution in [0.3, 0.4) is 0 Å². The van der Waals surface area contributed by atoms with Crippen molar-refractivity contribution < 1.29 is 37.0 Å². The number of ether oxygens (including phenoxy) is 4. The van der Waals surface area contributed by atoms with Crippen LogP contribution in [0.25, 0.3) is 0 Å². The van der Waals surface area contributed by atoms with E-state index in [9.17, 15) is 18.0 Å². The van der Waals surface area contributed by atoms with Crippen LogP contribution in [0.2, 0.25) is 5.02 Å². The fourth-order valence-electron chi connectivity index (χ4n) is 7.66. The smallest absolute Gasteiger partial charge is 0.410 e. The third-order valence-corrected chi connectivity index (χ3v) is 12.4. The second kappa shape index (κ2) is 14.4. The van der Waals surface area contributed by atoms with E-state index in [1.165, 1.54) is 19.9 Å². The molecule has 4 heterocycles. The van der Waals surface area contributed by atoms with Crippen LogP contribution in [0.15, 0.2) is 53.4 Å². The summed E-state index contributed by atoms with van der Waals surface area (Å²) in [4.78, 5) is 30.8. The number of rotatable bonds is 1. The maximum absolute atomic E-state index is 13.6. The third-order valence-electron chi connectivity index (χ3n) is 10.8. The molecule has 270 valence electrons. The average molecular weight is 728 g/mol. The molecule has 4 aliphatic heterocycles. The number of sulfonamides is 1. The molecule has 2 saturated heterocycles. The molecule has 7 rings (SSSR count). The van der Waals surface area contributed by atoms with Gasteiger partial charge in [0.25, 0.3) is 15.9 Å². The van der Waals surface area contributed by atoms with Gasteiger partial charge in [0, 0.05) is 24.0 Å². The Bertz CT molecular complexity index is 1740. The Morgan fingerprint density at radius 1 is 1.00 bits per heavy atom. The van der Waals surface area contributed by atoms with Crippen LogP contribution in [-0.4, -0.2) is 82.0 Å². The van der Waals surface area contributed by atoms with Gasteiger partial charge in [-0.05, 0) is 112 Å². The summed E-state index contributed by atoms with van der Waals surface area (Å²) in [5.41, 5.74) is 1.33. The highest BCUT2D eigenvalue weighted by molar-refractivity contribution is 7.90. The number of hydrogen-bond acceptors (Lipinski definition) is 9. The first-order valence-electron chi connectivity index (χ1n) is 17.7. The second-order valence-corrected chi connectivity index (χ2v) is 16.7. The third kappa shape index (κ3) is 7.63. The van der Waals surface area contributed by atoms with E-state index in [0.29, 0.717) is 49.2 Å². The van der Waals surface area contributed by atoms with Gasteiger partial charge in [0.15, 0.2) is 0 Å². The van der Waals surface area contributed by atoms with Gasteiger partial charge in [0.05, 0.1) is 42.5 Å². The number of benzene rings is 2. The number of carbonyl (C=O) groups excluding carboxylic acids is 2. The molecule has 0 aromatic heterocycles. The lowest BCUT2D eigenvalue weighted by molar-refractivity contribution is -0.139. The minimum absolute atomic E-state index is 0.0313. The van der Waals surface area contributed by atoms with Crippen molar-refractivity contribution in [3.8, 4) is 5.75 Å². The van der Waals surface area contributed by atoms with Gasteiger partial charge >= 0.3 is 6.09 Å². The maximum atomic E-state index is 13.6. The van der Waals surface area contributed by atoms with Gasteiger partial charge in [-0.2, -0.15) is 0 Å². The highest BCUT2D eigenvalue weighted by atomic mass is 35.5. The summed E-state index contributed by atoms with van der Waals surface area (Å²) in [7, 11) is -4.24. The molecule has 50 heavy (non-hydrogen) atoms. The summed E-state index contributed by atoms with van der Waals surface area (Å²) < 4.78 is 54.0. The van der Waals surface area contributed by atoms with Gasteiger partial charge in [-0.15, -0.1) is 0 Å². The van der Waals surface area contributed by atoms with Gasteiger partial charge in [-0.1, -0.05) is 23.7 Å². The van der Waals surface area contributed by atoms with Crippen molar-refractivity contribution in [1.82, 2.24) is 9.62 Å². The van der Waals surface area contributed by atoms with Gasteiger partial charge < -0.3 is 28.7 Å². The zero-order valence-electron chi connectivity index (χ0n) is 28.6. The van der Waals surface area contributed by atoms with Crippen LogP contribution >= 0.6 is 11.6 Å². The number of amides is 2. The SMILES string of the molecule is CC1(C)OC/C=C/[C@H](OC(=O)N2CC3CCC(C2)O3)[C@@H]2CC[C@H]2CN2CCCCc3cc(Cl)ccc3COc3ccc(cc32)S(=O)(=O)NC1=O. The van der Waals surface area contributed by atoms with Crippen LogP contribution in [0.1, 0.15) is 63.5 Å². The summed E-state index contributed by atoms with van der Waals surface area (Å²) in [5, 5.41) is 0.677. The van der Waals surface area contributed by atoms with Crippen LogP contribution in [0.5, 0.6) is 5.75 Å². The molecule has 2 amide bonds. The van der Waals surface area contributed by atoms with Crippen LogP contribution in [0.4, 0.5) is 10.5 Å². The molecule has 2 unspecified atom stereocenters. The molecule has 5 atom stereocenters. The molecule has 4 bridgehead atoms. The van der Waals surface area contributed by atoms with Crippen molar-refractivity contribution in [2.45, 2.75) is 94.2 Å². The number of morpholine rings is 1. The van der Waals surface area contributed by atoms with Gasteiger partial charge in [0.2, 0.25) is 0 Å². The second-order valence-electron chi connectivity index (χ2n) is 14.6. The van der Waals surface area contributed by atoms with Crippen molar-refractivity contribution in [2.24, 2.45) is 11.8 Å². The van der Waals surface area contributed by atoms with Crippen LogP contribution in [0, 0.1) is 11.8 Å². The summed E-state index contributed by atoms with van der Waals surface area (Å²) >= 11 is 6.35. The molecule has 1 saturated carbocycles. The number of anilines is 1. The molecule has 1 aliphatic carbocycles. The normalized spacial score (nSPS) is 29.9. The Hall–Kier alpha value is -3.32. The predicted octanol–water partition coefficient (Wildman–Crippen LogP) is 5.63. The molecule has 2 aromatic rings. The zero-order chi connectivity index (χ0) is 35.0. The van der Waals surface area contributed by atoms with Crippen molar-refractivity contribution >= 4 is 39.3 Å². The Morgan fingerprint density at radius 3 is 2.56 bits per heavy atom. The van der Waals surface area contributed by atoms with E-state index >= 15 is 0 Å². The van der Waals surface area contributed by atoms with Crippen molar-refractivity contribution in [1.29, 1.82) is 0 Å². The Morgan fingerprint density at radius 2 is 1.80 bits per heavy atom. The molecule has 11 nitrogen and oxygen atoms in total. The van der Waals surface area contributed by atoms with Crippen molar-refractivity contribution in [3.63, 3.8) is 0 Å². The van der Waals surface area contributed by atoms with E-state index < -0.39 is 27.6 Å². The van der Waals surface area contributed by atoms with Crippen molar-refractivity contribution in [3.05, 3.63) is 64.7 Å². The number of nitrogens with one attached hydrogen (secondary N) is 1. The summed E-state index contributed by atoms with van der Waals surface area (Å²) in [6.07, 6.45) is 9.19. The largest absolute Gasteiger partial charge is 0.487 e. The lowest BCUT2D eigenvalue weighted by Gasteiger charge is -2.44. The number of halogens is 1.